The predicted molar refractivity (Wildman–Crippen MR) is 103 cm³/mol. The molecule has 0 amide bonds. The van der Waals surface area contributed by atoms with Crippen LogP contribution in [-0.2, 0) is 9.53 Å². The van der Waals surface area contributed by atoms with Crippen molar-refractivity contribution in [2.75, 3.05) is 0 Å². The number of allylic oxidation sites excluding steroid dienone is 2. The second-order valence-electron chi connectivity index (χ2n) is 9.22. The Morgan fingerprint density at radius 2 is 1.84 bits per heavy atom. The van der Waals surface area contributed by atoms with Gasteiger partial charge in [-0.1, -0.05) is 36.4 Å². The lowest BCUT2D eigenvalue weighted by Gasteiger charge is -2.34. The van der Waals surface area contributed by atoms with E-state index in [-0.39, 0.29) is 17.3 Å². The quantitative estimate of drug-likeness (QED) is 0.625. The van der Waals surface area contributed by atoms with Crippen LogP contribution in [-0.4, -0.2) is 24.7 Å². The van der Waals surface area contributed by atoms with E-state index in [2.05, 4.69) is 30.3 Å². The van der Waals surface area contributed by atoms with Crippen LogP contribution in [0.2, 0.25) is 18.6 Å². The number of carbonyl (C=O) groups is 1. The number of rotatable bonds is 3. The Morgan fingerprint density at radius 3 is 2.36 bits per heavy atom. The molecule has 0 aromatic heterocycles. The van der Waals surface area contributed by atoms with Gasteiger partial charge in [-0.3, -0.25) is 4.79 Å². The largest absolute Gasteiger partial charge is 0.460 e. The summed E-state index contributed by atoms with van der Waals surface area (Å²) in [5.41, 5.74) is 2.36. The smallest absolute Gasteiger partial charge is 0.309 e. The van der Waals surface area contributed by atoms with Crippen molar-refractivity contribution in [2.24, 2.45) is 11.3 Å². The average molecular weight is 359 g/mol. The first-order valence-electron chi connectivity index (χ1n) is 9.24. The number of ether oxygens (including phenoxy) is 1. The molecule has 3 nitrogen and oxygen atoms in total. The zero-order valence-corrected chi connectivity index (χ0v) is 17.0. The molecular formula is C21H30O3Si. The van der Waals surface area contributed by atoms with Gasteiger partial charge < -0.3 is 9.53 Å². The maximum Gasteiger partial charge on any atom is 0.309 e. The summed E-state index contributed by atoms with van der Waals surface area (Å²) in [6.07, 6.45) is 4.74. The third-order valence-corrected chi connectivity index (χ3v) is 7.97. The van der Waals surface area contributed by atoms with Crippen LogP contribution in [0.3, 0.4) is 0 Å². The second kappa shape index (κ2) is 6.10. The summed E-state index contributed by atoms with van der Waals surface area (Å²) in [6, 6.07) is 10.4. The number of hydrogen-bond donors (Lipinski definition) is 1. The number of esters is 1. The molecule has 0 bridgehead atoms. The number of benzene rings is 1. The van der Waals surface area contributed by atoms with Gasteiger partial charge in [0.15, 0.2) is 8.32 Å². The van der Waals surface area contributed by atoms with E-state index < -0.39 is 13.9 Å². The van der Waals surface area contributed by atoms with Gasteiger partial charge in [0.25, 0.3) is 0 Å². The van der Waals surface area contributed by atoms with Gasteiger partial charge in [-0.15, -0.1) is 0 Å². The summed E-state index contributed by atoms with van der Waals surface area (Å²) in [5.74, 6) is -0.202. The molecule has 4 heteroatoms. The van der Waals surface area contributed by atoms with Crippen LogP contribution >= 0.6 is 0 Å². The monoisotopic (exact) mass is 358 g/mol. The van der Waals surface area contributed by atoms with Gasteiger partial charge in [-0.05, 0) is 75.2 Å². The van der Waals surface area contributed by atoms with E-state index in [9.17, 15) is 9.59 Å². The van der Waals surface area contributed by atoms with Crippen LogP contribution in [0.4, 0.5) is 0 Å². The second-order valence-corrected chi connectivity index (χ2v) is 13.2. The van der Waals surface area contributed by atoms with Crippen molar-refractivity contribution < 1.29 is 14.3 Å². The van der Waals surface area contributed by atoms with Gasteiger partial charge in [-0.2, -0.15) is 0 Å². The highest BCUT2D eigenvalue weighted by molar-refractivity contribution is 6.72. The van der Waals surface area contributed by atoms with Crippen LogP contribution < -0.4 is 0 Å². The first-order chi connectivity index (χ1) is 11.5. The van der Waals surface area contributed by atoms with Crippen molar-refractivity contribution in [3.8, 4) is 0 Å². The lowest BCUT2D eigenvalue weighted by Crippen LogP contribution is -2.34. The maximum absolute atomic E-state index is 12.6. The molecule has 1 aromatic rings. The summed E-state index contributed by atoms with van der Waals surface area (Å²) in [6.45, 7) is 9.79. The fourth-order valence-electron chi connectivity index (χ4n) is 4.44. The van der Waals surface area contributed by atoms with E-state index in [0.717, 1.165) is 19.3 Å². The van der Waals surface area contributed by atoms with Crippen molar-refractivity contribution in [2.45, 2.75) is 64.3 Å². The van der Waals surface area contributed by atoms with Crippen LogP contribution in [0, 0.1) is 11.3 Å². The highest BCUT2D eigenvalue weighted by atomic mass is 28.4. The van der Waals surface area contributed by atoms with E-state index in [1.54, 1.807) is 0 Å². The minimum absolute atomic E-state index is 0.0500. The Hall–Kier alpha value is -1.39. The molecule has 136 valence electrons. The highest BCUT2D eigenvalue weighted by Gasteiger charge is 2.64. The average Bonchev–Trinajstić information content (AvgIpc) is 3.21. The molecule has 1 fully saturated rings. The zero-order chi connectivity index (χ0) is 18.5. The SMILES string of the molecule is CC(C)(C)OC(=O)[C@@H]1CC=C(c2ccccc2)[C@]2(CC2[Si](C)(C)O)C1. The minimum Gasteiger partial charge on any atom is -0.460 e. The van der Waals surface area contributed by atoms with Gasteiger partial charge in [0, 0.05) is 0 Å². The molecule has 1 unspecified atom stereocenters. The Kier molecular flexibility index (Phi) is 4.49. The predicted octanol–water partition coefficient (Wildman–Crippen LogP) is 4.78. The van der Waals surface area contributed by atoms with Crippen LogP contribution in [0.15, 0.2) is 36.4 Å². The van der Waals surface area contributed by atoms with E-state index in [0.29, 0.717) is 5.54 Å². The van der Waals surface area contributed by atoms with Gasteiger partial charge in [0.1, 0.15) is 5.60 Å². The molecule has 0 heterocycles. The number of carbonyl (C=O) groups excluding carboxylic acids is 1. The van der Waals surface area contributed by atoms with E-state index in [1.165, 1.54) is 11.1 Å². The molecule has 2 aliphatic carbocycles. The molecule has 3 atom stereocenters. The number of hydrogen-bond acceptors (Lipinski definition) is 3. The molecule has 0 saturated heterocycles. The van der Waals surface area contributed by atoms with Crippen molar-refractivity contribution in [3.05, 3.63) is 42.0 Å². The Labute approximate surface area is 152 Å². The van der Waals surface area contributed by atoms with Gasteiger partial charge >= 0.3 is 5.97 Å². The van der Waals surface area contributed by atoms with E-state index in [1.807, 2.05) is 39.9 Å². The standard InChI is InChI=1S/C21H30O3Si/c1-20(2,3)24-19(22)16-11-12-17(15-9-7-6-8-10-15)21(13-16)14-18(21)25(4,5)23/h6-10,12,16,18,23H,11,13-14H2,1-5H3/t16-,18?,21-/m1/s1. The van der Waals surface area contributed by atoms with Gasteiger partial charge in [-0.25, -0.2) is 0 Å². The molecule has 25 heavy (non-hydrogen) atoms. The summed E-state index contributed by atoms with van der Waals surface area (Å²) >= 11 is 0. The fraction of sp³-hybridized carbons (Fsp3) is 0.571. The fourth-order valence-corrected chi connectivity index (χ4v) is 6.93. The van der Waals surface area contributed by atoms with Crippen molar-refractivity contribution in [3.63, 3.8) is 0 Å². The Bertz CT molecular complexity index is 681. The third kappa shape index (κ3) is 3.75. The molecule has 1 spiro atoms. The third-order valence-electron chi connectivity index (χ3n) is 5.51. The lowest BCUT2D eigenvalue weighted by molar-refractivity contribution is -0.160. The zero-order valence-electron chi connectivity index (χ0n) is 16.0. The maximum atomic E-state index is 12.6. The molecule has 0 radical (unpaired) electrons. The first-order valence-corrected chi connectivity index (χ1v) is 12.3. The Morgan fingerprint density at radius 1 is 1.20 bits per heavy atom. The first kappa shape index (κ1) is 18.4. The van der Waals surface area contributed by atoms with Crippen molar-refractivity contribution in [1.82, 2.24) is 0 Å². The Balaban J connectivity index is 1.91. The van der Waals surface area contributed by atoms with Crippen molar-refractivity contribution >= 4 is 19.9 Å². The van der Waals surface area contributed by atoms with Crippen LogP contribution in [0.1, 0.15) is 45.6 Å². The van der Waals surface area contributed by atoms with Gasteiger partial charge in [0.05, 0.1) is 5.92 Å². The minimum atomic E-state index is -2.26. The van der Waals surface area contributed by atoms with Gasteiger partial charge in [0.2, 0.25) is 0 Å². The van der Waals surface area contributed by atoms with Crippen molar-refractivity contribution in [1.29, 1.82) is 0 Å². The molecule has 1 saturated carbocycles. The van der Waals surface area contributed by atoms with Crippen LogP contribution in [0.5, 0.6) is 0 Å². The highest BCUT2D eigenvalue weighted by Crippen LogP contribution is 2.72. The summed E-state index contributed by atoms with van der Waals surface area (Å²) in [7, 11) is -2.26. The van der Waals surface area contributed by atoms with Crippen LogP contribution in [0.25, 0.3) is 5.57 Å². The molecule has 0 aliphatic heterocycles. The molecule has 1 aromatic carbocycles. The van der Waals surface area contributed by atoms with E-state index >= 15 is 0 Å². The topological polar surface area (TPSA) is 46.5 Å². The molecule has 1 N–H and O–H groups in total. The molecule has 2 aliphatic rings. The lowest BCUT2D eigenvalue weighted by atomic mass is 9.75. The summed E-state index contributed by atoms with van der Waals surface area (Å²) in [5, 5.41) is 0. The molecule has 3 rings (SSSR count). The summed E-state index contributed by atoms with van der Waals surface area (Å²) in [4.78, 5) is 23.4. The normalized spacial score (nSPS) is 29.3. The summed E-state index contributed by atoms with van der Waals surface area (Å²) < 4.78 is 5.64. The van der Waals surface area contributed by atoms with E-state index in [4.69, 9.17) is 4.74 Å². The molecular weight excluding hydrogens is 328 g/mol.